The summed E-state index contributed by atoms with van der Waals surface area (Å²) in [5.74, 6) is -0.158. The highest BCUT2D eigenvalue weighted by Gasteiger charge is 2.20. The van der Waals surface area contributed by atoms with Crippen LogP contribution in [0, 0.1) is 5.82 Å². The normalized spacial score (nSPS) is 16.4. The Morgan fingerprint density at radius 3 is 3.07 bits per heavy atom. The van der Waals surface area contributed by atoms with Gasteiger partial charge in [-0.1, -0.05) is 0 Å². The molecule has 0 spiro atoms. The van der Waals surface area contributed by atoms with Crippen molar-refractivity contribution in [2.24, 2.45) is 0 Å². The van der Waals surface area contributed by atoms with Gasteiger partial charge in [0.15, 0.2) is 0 Å². The van der Waals surface area contributed by atoms with Gasteiger partial charge in [-0.05, 0) is 30.8 Å². The minimum atomic E-state index is -0.158. The van der Waals surface area contributed by atoms with Gasteiger partial charge in [0.05, 0.1) is 0 Å². The fourth-order valence-electron chi connectivity index (χ4n) is 2.19. The summed E-state index contributed by atoms with van der Waals surface area (Å²) in [6.07, 6.45) is 0. The molecule has 1 aliphatic heterocycles. The molecule has 1 aromatic heterocycles. The molecule has 3 rings (SSSR count). The summed E-state index contributed by atoms with van der Waals surface area (Å²) >= 11 is 0. The topological polar surface area (TPSA) is 19.0 Å². The van der Waals surface area contributed by atoms with Crippen molar-refractivity contribution in [3.05, 3.63) is 35.3 Å². The second kappa shape index (κ2) is 2.58. The Hall–Kier alpha value is -1.35. The first kappa shape index (κ1) is 8.00. The van der Waals surface area contributed by atoms with Crippen molar-refractivity contribution in [2.45, 2.75) is 13.1 Å². The molecule has 1 N–H and O–H groups in total. The average Bonchev–Trinajstić information content (AvgIpc) is 2.62. The van der Waals surface area contributed by atoms with E-state index in [0.717, 1.165) is 24.0 Å². The van der Waals surface area contributed by atoms with Crippen molar-refractivity contribution < 1.29 is 4.39 Å². The fraction of sp³-hybridized carbons (Fsp3) is 0.273. The lowest BCUT2D eigenvalue weighted by molar-refractivity contribution is 0.351. The lowest BCUT2D eigenvalue weighted by Crippen LogP contribution is -2.08. The standard InChI is InChI=1S/C11H11FN2/c1-14-5-9-8-4-7(12)2-3-10(8)13-11(9)6-14/h2-4,13H,5-6H2,1H3. The number of fused-ring (bicyclic) bond motifs is 3. The number of H-pyrrole nitrogens is 1. The highest BCUT2D eigenvalue weighted by Crippen LogP contribution is 2.29. The summed E-state index contributed by atoms with van der Waals surface area (Å²) in [7, 11) is 2.07. The predicted octanol–water partition coefficient (Wildman–Crippen LogP) is 2.25. The maximum atomic E-state index is 13.1. The Kier molecular flexibility index (Phi) is 1.47. The van der Waals surface area contributed by atoms with Crippen molar-refractivity contribution in [2.75, 3.05) is 7.05 Å². The Labute approximate surface area is 81.3 Å². The van der Waals surface area contributed by atoms with Crippen LogP contribution in [0.25, 0.3) is 10.9 Å². The quantitative estimate of drug-likeness (QED) is 0.675. The van der Waals surface area contributed by atoms with Gasteiger partial charge in [-0.3, -0.25) is 4.90 Å². The van der Waals surface area contributed by atoms with Crippen LogP contribution in [0.4, 0.5) is 4.39 Å². The van der Waals surface area contributed by atoms with Crippen LogP contribution in [0.3, 0.4) is 0 Å². The molecule has 1 aliphatic rings. The molecule has 0 aliphatic carbocycles. The van der Waals surface area contributed by atoms with Gasteiger partial charge in [0.2, 0.25) is 0 Å². The number of aromatic amines is 1. The average molecular weight is 190 g/mol. The second-order valence-electron chi connectivity index (χ2n) is 3.94. The second-order valence-corrected chi connectivity index (χ2v) is 3.94. The van der Waals surface area contributed by atoms with E-state index in [4.69, 9.17) is 0 Å². The van der Waals surface area contributed by atoms with E-state index in [1.54, 1.807) is 6.07 Å². The summed E-state index contributed by atoms with van der Waals surface area (Å²) in [5, 5.41) is 1.03. The number of hydrogen-bond acceptors (Lipinski definition) is 1. The van der Waals surface area contributed by atoms with E-state index >= 15 is 0 Å². The number of aromatic nitrogens is 1. The summed E-state index contributed by atoms with van der Waals surface area (Å²) in [5.41, 5.74) is 3.53. The summed E-state index contributed by atoms with van der Waals surface area (Å²) in [6.45, 7) is 1.85. The van der Waals surface area contributed by atoms with E-state index in [9.17, 15) is 4.39 Å². The zero-order valence-corrected chi connectivity index (χ0v) is 7.97. The molecule has 14 heavy (non-hydrogen) atoms. The summed E-state index contributed by atoms with van der Waals surface area (Å²) in [6, 6.07) is 4.92. The summed E-state index contributed by atoms with van der Waals surface area (Å²) < 4.78 is 13.1. The number of halogens is 1. The van der Waals surface area contributed by atoms with Gasteiger partial charge in [-0.25, -0.2) is 4.39 Å². The molecular weight excluding hydrogens is 179 g/mol. The highest BCUT2D eigenvalue weighted by molar-refractivity contribution is 5.85. The molecule has 0 unspecified atom stereocenters. The lowest BCUT2D eigenvalue weighted by Gasteiger charge is -2.05. The van der Waals surface area contributed by atoms with Gasteiger partial charge in [0.25, 0.3) is 0 Å². The van der Waals surface area contributed by atoms with Crippen LogP contribution in [0.15, 0.2) is 18.2 Å². The van der Waals surface area contributed by atoms with Gasteiger partial charge in [0.1, 0.15) is 5.82 Å². The molecule has 72 valence electrons. The number of nitrogens with one attached hydrogen (secondary N) is 1. The summed E-state index contributed by atoms with van der Waals surface area (Å²) in [4.78, 5) is 5.54. The highest BCUT2D eigenvalue weighted by atomic mass is 19.1. The molecule has 2 heterocycles. The number of nitrogens with zero attached hydrogens (tertiary/aromatic N) is 1. The maximum Gasteiger partial charge on any atom is 0.123 e. The molecule has 0 fully saturated rings. The first-order valence-corrected chi connectivity index (χ1v) is 4.71. The zero-order valence-electron chi connectivity index (χ0n) is 7.97. The Morgan fingerprint density at radius 1 is 1.36 bits per heavy atom. The SMILES string of the molecule is CN1Cc2[nH]c3ccc(F)cc3c2C1. The molecule has 0 radical (unpaired) electrons. The minimum absolute atomic E-state index is 0.158. The van der Waals surface area contributed by atoms with Gasteiger partial charge in [-0.15, -0.1) is 0 Å². The van der Waals surface area contributed by atoms with Gasteiger partial charge < -0.3 is 4.98 Å². The molecule has 0 saturated heterocycles. The first-order valence-electron chi connectivity index (χ1n) is 4.71. The monoisotopic (exact) mass is 190 g/mol. The van der Waals surface area contributed by atoms with Crippen molar-refractivity contribution in [3.8, 4) is 0 Å². The van der Waals surface area contributed by atoms with Gasteiger partial charge >= 0.3 is 0 Å². The number of rotatable bonds is 0. The third-order valence-corrected chi connectivity index (χ3v) is 2.81. The molecule has 2 nitrogen and oxygen atoms in total. The molecular formula is C11H11FN2. The Morgan fingerprint density at radius 2 is 2.21 bits per heavy atom. The molecule has 3 heteroatoms. The van der Waals surface area contributed by atoms with Crippen molar-refractivity contribution >= 4 is 10.9 Å². The van der Waals surface area contributed by atoms with Crippen LogP contribution >= 0.6 is 0 Å². The molecule has 1 aromatic carbocycles. The van der Waals surface area contributed by atoms with Crippen LogP contribution in [0.5, 0.6) is 0 Å². The molecule has 0 saturated carbocycles. The van der Waals surface area contributed by atoms with Crippen molar-refractivity contribution in [3.63, 3.8) is 0 Å². The van der Waals surface area contributed by atoms with E-state index in [0.29, 0.717) is 0 Å². The van der Waals surface area contributed by atoms with E-state index in [2.05, 4.69) is 16.9 Å². The van der Waals surface area contributed by atoms with Crippen molar-refractivity contribution in [1.82, 2.24) is 9.88 Å². The van der Waals surface area contributed by atoms with Crippen LogP contribution in [0.2, 0.25) is 0 Å². The minimum Gasteiger partial charge on any atom is -0.357 e. The molecule has 0 amide bonds. The molecule has 0 bridgehead atoms. The third-order valence-electron chi connectivity index (χ3n) is 2.81. The Bertz CT molecular complexity index is 501. The van der Waals surface area contributed by atoms with E-state index in [1.165, 1.54) is 17.3 Å². The maximum absolute atomic E-state index is 13.1. The van der Waals surface area contributed by atoms with Crippen LogP contribution in [0.1, 0.15) is 11.3 Å². The Balaban J connectivity index is 2.30. The van der Waals surface area contributed by atoms with Crippen molar-refractivity contribution in [1.29, 1.82) is 0 Å². The largest absolute Gasteiger partial charge is 0.357 e. The van der Waals surface area contributed by atoms with Crippen LogP contribution < -0.4 is 0 Å². The smallest absolute Gasteiger partial charge is 0.123 e. The molecule has 0 atom stereocenters. The third kappa shape index (κ3) is 0.990. The van der Waals surface area contributed by atoms with E-state index in [-0.39, 0.29) is 5.82 Å². The predicted molar refractivity (Wildman–Crippen MR) is 53.4 cm³/mol. The van der Waals surface area contributed by atoms with Gasteiger partial charge in [0, 0.05) is 29.7 Å². The van der Waals surface area contributed by atoms with Crippen LogP contribution in [-0.2, 0) is 13.1 Å². The van der Waals surface area contributed by atoms with Crippen LogP contribution in [-0.4, -0.2) is 16.9 Å². The van der Waals surface area contributed by atoms with Gasteiger partial charge in [-0.2, -0.15) is 0 Å². The number of benzene rings is 1. The fourth-order valence-corrected chi connectivity index (χ4v) is 2.19. The van der Waals surface area contributed by atoms with E-state index < -0.39 is 0 Å². The number of hydrogen-bond donors (Lipinski definition) is 1. The lowest BCUT2D eigenvalue weighted by atomic mass is 10.1. The molecule has 2 aromatic rings. The first-order chi connectivity index (χ1) is 6.74. The zero-order chi connectivity index (χ0) is 9.71. The van der Waals surface area contributed by atoms with E-state index in [1.807, 2.05) is 6.07 Å².